The molecule has 0 aromatic carbocycles. The molecule has 1 aromatic rings. The fraction of sp³-hybridized carbons (Fsp3) is 0.300. The van der Waals surface area contributed by atoms with Crippen LogP contribution in [0.25, 0.3) is 0 Å². The van der Waals surface area contributed by atoms with E-state index in [0.717, 1.165) is 0 Å². The molecule has 1 aromatic heterocycles. The summed E-state index contributed by atoms with van der Waals surface area (Å²) >= 11 is 0. The Balaban J connectivity index is 2.74. The number of nitrogens with one attached hydrogen (secondary N) is 1. The highest BCUT2D eigenvalue weighted by Gasteiger charge is 2.23. The van der Waals surface area contributed by atoms with Crippen LogP contribution in [0.2, 0.25) is 0 Å². The summed E-state index contributed by atoms with van der Waals surface area (Å²) in [7, 11) is 0. The molecule has 1 rings (SSSR count). The SMILES string of the molecule is Cc1occc1C(=O)NC(CC(N)=O)C(=O)O. The second kappa shape index (κ2) is 5.15. The third-order valence-electron chi connectivity index (χ3n) is 2.11. The molecule has 0 bridgehead atoms. The van der Waals surface area contributed by atoms with E-state index < -0.39 is 30.2 Å². The number of furan rings is 1. The molecule has 0 aliphatic rings. The van der Waals surface area contributed by atoms with Crippen LogP contribution in [0.1, 0.15) is 22.5 Å². The first-order valence-corrected chi connectivity index (χ1v) is 4.78. The average Bonchev–Trinajstić information content (AvgIpc) is 2.62. The van der Waals surface area contributed by atoms with E-state index in [-0.39, 0.29) is 5.56 Å². The quantitative estimate of drug-likeness (QED) is 0.649. The minimum absolute atomic E-state index is 0.223. The van der Waals surface area contributed by atoms with E-state index >= 15 is 0 Å². The van der Waals surface area contributed by atoms with Crippen LogP contribution in [0.15, 0.2) is 16.7 Å². The zero-order chi connectivity index (χ0) is 13.0. The third-order valence-corrected chi connectivity index (χ3v) is 2.11. The fourth-order valence-electron chi connectivity index (χ4n) is 1.26. The van der Waals surface area contributed by atoms with Crippen molar-refractivity contribution in [2.24, 2.45) is 5.73 Å². The Kier molecular flexibility index (Phi) is 3.86. The number of aliphatic carboxylic acids is 1. The van der Waals surface area contributed by atoms with Crippen LogP contribution in [-0.2, 0) is 9.59 Å². The Labute approximate surface area is 96.6 Å². The van der Waals surface area contributed by atoms with Crippen molar-refractivity contribution < 1.29 is 23.9 Å². The third kappa shape index (κ3) is 3.33. The lowest BCUT2D eigenvalue weighted by atomic mass is 10.1. The van der Waals surface area contributed by atoms with Crippen molar-refractivity contribution in [3.8, 4) is 0 Å². The number of nitrogens with two attached hydrogens (primary N) is 1. The number of hydrogen-bond acceptors (Lipinski definition) is 4. The summed E-state index contributed by atoms with van der Waals surface area (Å²) in [5.74, 6) is -2.38. The Morgan fingerprint density at radius 2 is 2.18 bits per heavy atom. The molecular weight excluding hydrogens is 228 g/mol. The number of primary amides is 1. The molecule has 0 spiro atoms. The van der Waals surface area contributed by atoms with Crippen LogP contribution in [0.3, 0.4) is 0 Å². The summed E-state index contributed by atoms with van der Waals surface area (Å²) in [5, 5.41) is 11.0. The summed E-state index contributed by atoms with van der Waals surface area (Å²) in [6, 6.07) is 0.0719. The number of carbonyl (C=O) groups is 3. The van der Waals surface area contributed by atoms with Crippen LogP contribution in [0, 0.1) is 6.92 Å². The van der Waals surface area contributed by atoms with Crippen molar-refractivity contribution in [1.82, 2.24) is 5.32 Å². The molecule has 0 fully saturated rings. The molecule has 0 aliphatic carbocycles. The van der Waals surface area contributed by atoms with Gasteiger partial charge in [0.15, 0.2) is 0 Å². The molecule has 0 radical (unpaired) electrons. The first kappa shape index (κ1) is 12.8. The largest absolute Gasteiger partial charge is 0.480 e. The predicted octanol–water partition coefficient (Wildman–Crippen LogP) is -0.354. The monoisotopic (exact) mass is 240 g/mol. The van der Waals surface area contributed by atoms with Gasteiger partial charge in [-0.3, -0.25) is 9.59 Å². The zero-order valence-corrected chi connectivity index (χ0v) is 9.10. The number of carbonyl (C=O) groups excluding carboxylic acids is 2. The Bertz CT molecular complexity index is 451. The number of amides is 2. The van der Waals surface area contributed by atoms with E-state index in [1.54, 1.807) is 6.92 Å². The minimum Gasteiger partial charge on any atom is -0.480 e. The van der Waals surface area contributed by atoms with Gasteiger partial charge in [0.2, 0.25) is 5.91 Å². The molecule has 4 N–H and O–H groups in total. The molecule has 92 valence electrons. The van der Waals surface area contributed by atoms with Crippen LogP contribution in [0.4, 0.5) is 0 Å². The van der Waals surface area contributed by atoms with Gasteiger partial charge < -0.3 is 20.6 Å². The highest BCUT2D eigenvalue weighted by molar-refractivity contribution is 5.98. The van der Waals surface area contributed by atoms with Gasteiger partial charge in [0.25, 0.3) is 5.91 Å². The molecule has 0 aliphatic heterocycles. The maximum Gasteiger partial charge on any atom is 0.326 e. The van der Waals surface area contributed by atoms with E-state index in [2.05, 4.69) is 5.32 Å². The van der Waals surface area contributed by atoms with E-state index in [1.165, 1.54) is 12.3 Å². The summed E-state index contributed by atoms with van der Waals surface area (Å²) in [6.45, 7) is 1.57. The van der Waals surface area contributed by atoms with E-state index in [0.29, 0.717) is 5.76 Å². The van der Waals surface area contributed by atoms with Crippen molar-refractivity contribution in [2.75, 3.05) is 0 Å². The summed E-state index contributed by atoms with van der Waals surface area (Å²) < 4.78 is 4.91. The highest BCUT2D eigenvalue weighted by Crippen LogP contribution is 2.08. The first-order chi connectivity index (χ1) is 7.91. The van der Waals surface area contributed by atoms with Crippen molar-refractivity contribution in [3.05, 3.63) is 23.7 Å². The number of carboxylic acid groups (broad SMARTS) is 1. The molecule has 1 heterocycles. The van der Waals surface area contributed by atoms with Crippen LogP contribution in [-0.4, -0.2) is 28.9 Å². The predicted molar refractivity (Wildman–Crippen MR) is 56.1 cm³/mol. The highest BCUT2D eigenvalue weighted by atomic mass is 16.4. The second-order valence-electron chi connectivity index (χ2n) is 3.43. The smallest absolute Gasteiger partial charge is 0.326 e. The normalized spacial score (nSPS) is 11.8. The van der Waals surface area contributed by atoms with Gasteiger partial charge >= 0.3 is 5.97 Å². The van der Waals surface area contributed by atoms with E-state index in [1.807, 2.05) is 0 Å². The van der Waals surface area contributed by atoms with E-state index in [4.69, 9.17) is 15.3 Å². The summed E-state index contributed by atoms with van der Waals surface area (Å²) in [4.78, 5) is 33.1. The van der Waals surface area contributed by atoms with Crippen molar-refractivity contribution in [2.45, 2.75) is 19.4 Å². The Hall–Kier alpha value is -2.31. The second-order valence-corrected chi connectivity index (χ2v) is 3.43. The van der Waals surface area contributed by atoms with Gasteiger partial charge in [-0.1, -0.05) is 0 Å². The fourth-order valence-corrected chi connectivity index (χ4v) is 1.26. The first-order valence-electron chi connectivity index (χ1n) is 4.78. The van der Waals surface area contributed by atoms with Crippen LogP contribution in [0.5, 0.6) is 0 Å². The topological polar surface area (TPSA) is 123 Å². The molecule has 0 saturated carbocycles. The van der Waals surface area contributed by atoms with Gasteiger partial charge in [0, 0.05) is 0 Å². The summed E-state index contributed by atoms with van der Waals surface area (Å²) in [6.07, 6.45) is 0.853. The molecule has 1 unspecified atom stereocenters. The lowest BCUT2D eigenvalue weighted by molar-refractivity contribution is -0.140. The van der Waals surface area contributed by atoms with Crippen LogP contribution >= 0.6 is 0 Å². The lowest BCUT2D eigenvalue weighted by Crippen LogP contribution is -2.43. The van der Waals surface area contributed by atoms with Gasteiger partial charge in [-0.2, -0.15) is 0 Å². The summed E-state index contributed by atoms with van der Waals surface area (Å²) in [5.41, 5.74) is 5.11. The lowest BCUT2D eigenvalue weighted by Gasteiger charge is -2.12. The maximum absolute atomic E-state index is 11.6. The molecule has 1 atom stereocenters. The van der Waals surface area contributed by atoms with Crippen molar-refractivity contribution in [3.63, 3.8) is 0 Å². The zero-order valence-electron chi connectivity index (χ0n) is 9.10. The van der Waals surface area contributed by atoms with Gasteiger partial charge in [-0.15, -0.1) is 0 Å². The maximum atomic E-state index is 11.6. The Morgan fingerprint density at radius 1 is 1.53 bits per heavy atom. The molecule has 2 amide bonds. The number of aryl methyl sites for hydroxylation is 1. The number of carboxylic acids is 1. The Morgan fingerprint density at radius 3 is 2.59 bits per heavy atom. The molecular formula is C10H12N2O5. The number of hydrogen-bond donors (Lipinski definition) is 3. The molecule has 7 heteroatoms. The van der Waals surface area contributed by atoms with E-state index in [9.17, 15) is 14.4 Å². The van der Waals surface area contributed by atoms with Crippen molar-refractivity contribution >= 4 is 17.8 Å². The van der Waals surface area contributed by atoms with Gasteiger partial charge in [-0.05, 0) is 13.0 Å². The van der Waals surface area contributed by atoms with Gasteiger partial charge in [0.05, 0.1) is 18.2 Å². The molecule has 7 nitrogen and oxygen atoms in total. The average molecular weight is 240 g/mol. The molecule has 17 heavy (non-hydrogen) atoms. The van der Waals surface area contributed by atoms with Gasteiger partial charge in [-0.25, -0.2) is 4.79 Å². The minimum atomic E-state index is -1.34. The van der Waals surface area contributed by atoms with Crippen molar-refractivity contribution in [1.29, 1.82) is 0 Å². The van der Waals surface area contributed by atoms with Gasteiger partial charge in [0.1, 0.15) is 11.8 Å². The number of rotatable bonds is 5. The van der Waals surface area contributed by atoms with Crippen LogP contribution < -0.4 is 11.1 Å². The molecule has 0 saturated heterocycles. The standard InChI is InChI=1S/C10H12N2O5/c1-5-6(2-3-17-5)9(14)12-7(10(15)16)4-8(11)13/h2-3,7H,4H2,1H3,(H2,11,13)(H,12,14)(H,15,16).